The molecule has 172 valence electrons. The highest BCUT2D eigenvalue weighted by Gasteiger charge is 2.18. The third kappa shape index (κ3) is 6.53. The van der Waals surface area contributed by atoms with Gasteiger partial charge in [-0.3, -0.25) is 9.52 Å². The molecule has 10 heteroatoms. The summed E-state index contributed by atoms with van der Waals surface area (Å²) in [4.78, 5) is 24.2. The first-order valence-electron chi connectivity index (χ1n) is 9.72. The molecule has 0 unspecified atom stereocenters. The molecule has 2 N–H and O–H groups in total. The van der Waals surface area contributed by atoms with Crippen LogP contribution in [0.4, 0.5) is 10.1 Å². The number of rotatable bonds is 9. The second-order valence-electron chi connectivity index (χ2n) is 6.80. The maximum atomic E-state index is 13.0. The number of esters is 1. The van der Waals surface area contributed by atoms with E-state index in [1.54, 1.807) is 24.3 Å². The van der Waals surface area contributed by atoms with Crippen LogP contribution in [0.15, 0.2) is 77.7 Å². The zero-order chi connectivity index (χ0) is 23.8. The Kier molecular flexibility index (Phi) is 7.62. The zero-order valence-corrected chi connectivity index (χ0v) is 18.4. The Bertz CT molecular complexity index is 1250. The maximum absolute atomic E-state index is 13.0. The van der Waals surface area contributed by atoms with E-state index < -0.39 is 34.3 Å². The number of benzene rings is 3. The van der Waals surface area contributed by atoms with Crippen molar-refractivity contribution in [1.29, 1.82) is 0 Å². The standard InChI is InChI=1S/C23H21FN2O6S/c1-31-21-8-3-2-5-17(21)14-25-22(27)15-32-23(28)16-6-4-7-20(13-16)33(29,30)26-19-11-9-18(24)10-12-19/h2-13,26H,14-15H2,1H3,(H,25,27). The van der Waals surface area contributed by atoms with Gasteiger partial charge in [0.1, 0.15) is 11.6 Å². The Balaban J connectivity index is 1.58. The average Bonchev–Trinajstić information content (AvgIpc) is 2.82. The first kappa shape index (κ1) is 23.7. The molecule has 3 aromatic rings. The Hall–Kier alpha value is -3.92. The molecule has 0 aromatic heterocycles. The van der Waals surface area contributed by atoms with Crippen molar-refractivity contribution in [1.82, 2.24) is 5.32 Å². The summed E-state index contributed by atoms with van der Waals surface area (Å²) in [5.74, 6) is -1.28. The summed E-state index contributed by atoms with van der Waals surface area (Å²) >= 11 is 0. The van der Waals surface area contributed by atoms with Gasteiger partial charge in [-0.1, -0.05) is 24.3 Å². The van der Waals surface area contributed by atoms with Crippen LogP contribution >= 0.6 is 0 Å². The van der Waals surface area contributed by atoms with Gasteiger partial charge in [0.15, 0.2) is 6.61 Å². The second kappa shape index (κ2) is 10.6. The minimum Gasteiger partial charge on any atom is -0.496 e. The Labute approximate surface area is 190 Å². The number of anilines is 1. The molecule has 0 bridgehead atoms. The van der Waals surface area contributed by atoms with Crippen LogP contribution in [0.2, 0.25) is 0 Å². The molecule has 0 radical (unpaired) electrons. The highest BCUT2D eigenvalue weighted by molar-refractivity contribution is 7.92. The lowest BCUT2D eigenvalue weighted by molar-refractivity contribution is -0.124. The van der Waals surface area contributed by atoms with Crippen LogP contribution in [0.5, 0.6) is 5.75 Å². The summed E-state index contributed by atoms with van der Waals surface area (Å²) in [5, 5.41) is 2.62. The minimum absolute atomic E-state index is 0.0468. The Morgan fingerprint density at radius 3 is 2.42 bits per heavy atom. The van der Waals surface area contributed by atoms with Crippen LogP contribution < -0.4 is 14.8 Å². The molecular weight excluding hydrogens is 451 g/mol. The molecule has 0 aliphatic carbocycles. The number of sulfonamides is 1. The van der Waals surface area contributed by atoms with Gasteiger partial charge in [-0.05, 0) is 48.5 Å². The van der Waals surface area contributed by atoms with E-state index in [0.717, 1.165) is 23.8 Å². The van der Waals surface area contributed by atoms with Crippen LogP contribution in [0.25, 0.3) is 0 Å². The van der Waals surface area contributed by atoms with E-state index in [1.165, 1.54) is 37.4 Å². The monoisotopic (exact) mass is 472 g/mol. The molecule has 8 nitrogen and oxygen atoms in total. The second-order valence-corrected chi connectivity index (χ2v) is 8.49. The van der Waals surface area contributed by atoms with Crippen LogP contribution in [-0.2, 0) is 26.1 Å². The van der Waals surface area contributed by atoms with Gasteiger partial charge in [0.05, 0.1) is 17.6 Å². The molecule has 0 atom stereocenters. The third-order valence-corrected chi connectivity index (χ3v) is 5.86. The third-order valence-electron chi connectivity index (χ3n) is 4.48. The SMILES string of the molecule is COc1ccccc1CNC(=O)COC(=O)c1cccc(S(=O)(=O)Nc2ccc(F)cc2)c1. The van der Waals surface area contributed by atoms with Gasteiger partial charge >= 0.3 is 5.97 Å². The lowest BCUT2D eigenvalue weighted by atomic mass is 10.2. The van der Waals surface area contributed by atoms with E-state index in [-0.39, 0.29) is 22.7 Å². The number of nitrogens with one attached hydrogen (secondary N) is 2. The molecule has 0 saturated heterocycles. The van der Waals surface area contributed by atoms with Gasteiger partial charge in [-0.15, -0.1) is 0 Å². The van der Waals surface area contributed by atoms with E-state index in [0.29, 0.717) is 5.75 Å². The first-order valence-corrected chi connectivity index (χ1v) is 11.2. The van der Waals surface area contributed by atoms with E-state index in [4.69, 9.17) is 9.47 Å². The van der Waals surface area contributed by atoms with Crippen LogP contribution in [0.3, 0.4) is 0 Å². The molecule has 33 heavy (non-hydrogen) atoms. The van der Waals surface area contributed by atoms with Crippen molar-refractivity contribution in [3.63, 3.8) is 0 Å². The number of carbonyl (C=O) groups excluding carboxylic acids is 2. The number of hydrogen-bond donors (Lipinski definition) is 2. The van der Waals surface area contributed by atoms with Gasteiger partial charge in [0.2, 0.25) is 0 Å². The minimum atomic E-state index is -4.03. The molecule has 0 saturated carbocycles. The van der Waals surface area contributed by atoms with Crippen molar-refractivity contribution in [2.45, 2.75) is 11.4 Å². The van der Waals surface area contributed by atoms with Crippen molar-refractivity contribution in [3.8, 4) is 5.75 Å². The Morgan fingerprint density at radius 1 is 0.970 bits per heavy atom. The molecule has 3 rings (SSSR count). The quantitative estimate of drug-likeness (QED) is 0.463. The molecular formula is C23H21FN2O6S. The molecule has 0 fully saturated rings. The van der Waals surface area contributed by atoms with Crippen LogP contribution in [0.1, 0.15) is 15.9 Å². The number of carbonyl (C=O) groups is 2. The molecule has 0 aliphatic heterocycles. The number of amides is 1. The van der Waals surface area contributed by atoms with E-state index in [9.17, 15) is 22.4 Å². The van der Waals surface area contributed by atoms with Gasteiger partial charge < -0.3 is 14.8 Å². The first-order chi connectivity index (χ1) is 15.8. The molecule has 1 amide bonds. The maximum Gasteiger partial charge on any atom is 0.338 e. The predicted molar refractivity (Wildman–Crippen MR) is 119 cm³/mol. The fourth-order valence-corrected chi connectivity index (χ4v) is 3.93. The van der Waals surface area contributed by atoms with Gasteiger partial charge in [-0.25, -0.2) is 17.6 Å². The predicted octanol–water partition coefficient (Wildman–Crippen LogP) is 3.11. The highest BCUT2D eigenvalue weighted by atomic mass is 32.2. The largest absolute Gasteiger partial charge is 0.496 e. The van der Waals surface area contributed by atoms with Crippen molar-refractivity contribution in [2.75, 3.05) is 18.4 Å². The number of halogens is 1. The van der Waals surface area contributed by atoms with E-state index in [1.807, 2.05) is 0 Å². The van der Waals surface area contributed by atoms with Crippen molar-refractivity contribution in [3.05, 3.63) is 89.7 Å². The van der Waals surface area contributed by atoms with Crippen LogP contribution in [-0.4, -0.2) is 34.0 Å². The molecule has 0 heterocycles. The number of methoxy groups -OCH3 is 1. The normalized spacial score (nSPS) is 10.8. The van der Waals surface area contributed by atoms with Gasteiger partial charge in [0.25, 0.3) is 15.9 Å². The number of hydrogen-bond acceptors (Lipinski definition) is 6. The summed E-state index contributed by atoms with van der Waals surface area (Å²) in [7, 11) is -2.51. The average molecular weight is 472 g/mol. The summed E-state index contributed by atoms with van der Waals surface area (Å²) < 4.78 is 50.7. The Morgan fingerprint density at radius 2 is 1.70 bits per heavy atom. The molecule has 0 spiro atoms. The van der Waals surface area contributed by atoms with Gasteiger partial charge in [-0.2, -0.15) is 0 Å². The lowest BCUT2D eigenvalue weighted by Gasteiger charge is -2.11. The van der Waals surface area contributed by atoms with Crippen molar-refractivity contribution < 1.29 is 31.9 Å². The van der Waals surface area contributed by atoms with E-state index in [2.05, 4.69) is 10.0 Å². The van der Waals surface area contributed by atoms with Crippen molar-refractivity contribution >= 4 is 27.6 Å². The van der Waals surface area contributed by atoms with E-state index >= 15 is 0 Å². The number of para-hydroxylation sites is 1. The summed E-state index contributed by atoms with van der Waals surface area (Å²) in [6, 6.07) is 17.1. The topological polar surface area (TPSA) is 111 Å². The van der Waals surface area contributed by atoms with Gasteiger partial charge in [0, 0.05) is 17.8 Å². The highest BCUT2D eigenvalue weighted by Crippen LogP contribution is 2.18. The molecule has 3 aromatic carbocycles. The van der Waals surface area contributed by atoms with Crippen LogP contribution in [0, 0.1) is 5.82 Å². The number of ether oxygens (including phenoxy) is 2. The summed E-state index contributed by atoms with van der Waals surface area (Å²) in [5.41, 5.74) is 0.872. The molecule has 0 aliphatic rings. The summed E-state index contributed by atoms with van der Waals surface area (Å²) in [6.07, 6.45) is 0. The fourth-order valence-electron chi connectivity index (χ4n) is 2.83. The van der Waals surface area contributed by atoms with Crippen molar-refractivity contribution in [2.24, 2.45) is 0 Å². The zero-order valence-electron chi connectivity index (χ0n) is 17.6. The summed E-state index contributed by atoms with van der Waals surface area (Å²) in [6.45, 7) is -0.359. The fraction of sp³-hybridized carbons (Fsp3) is 0.130. The lowest BCUT2D eigenvalue weighted by Crippen LogP contribution is -2.28. The smallest absolute Gasteiger partial charge is 0.338 e.